The Morgan fingerprint density at radius 3 is 2.88 bits per heavy atom. The number of halogens is 1. The summed E-state index contributed by atoms with van der Waals surface area (Å²) in [5.41, 5.74) is 6.91. The molecular weight excluding hydrogens is 254 g/mol. The van der Waals surface area contributed by atoms with E-state index in [2.05, 4.69) is 6.92 Å². The fourth-order valence-corrected chi connectivity index (χ4v) is 2.31. The summed E-state index contributed by atoms with van der Waals surface area (Å²) in [5.74, 6) is 2.89. The number of hydrogen-bond donors (Lipinski definition) is 1. The van der Waals surface area contributed by atoms with Gasteiger partial charge in [0, 0.05) is 11.8 Å². The molecule has 0 saturated carbocycles. The van der Waals surface area contributed by atoms with E-state index in [9.17, 15) is 0 Å². The lowest BCUT2D eigenvalue weighted by Crippen LogP contribution is -2.18. The molecule has 17 heavy (non-hydrogen) atoms. The first-order valence-electron chi connectivity index (χ1n) is 5.88. The summed E-state index contributed by atoms with van der Waals surface area (Å²) in [6.45, 7) is 4.81. The molecule has 0 aliphatic rings. The van der Waals surface area contributed by atoms with Gasteiger partial charge < -0.3 is 10.5 Å². The topological polar surface area (TPSA) is 35.2 Å². The number of ether oxygens (including phenoxy) is 1. The maximum atomic E-state index is 6.15. The van der Waals surface area contributed by atoms with Crippen LogP contribution in [0.3, 0.4) is 0 Å². The second-order valence-corrected chi connectivity index (χ2v) is 5.76. The van der Waals surface area contributed by atoms with Gasteiger partial charge in [-0.3, -0.25) is 0 Å². The second kappa shape index (κ2) is 7.85. The largest absolute Gasteiger partial charge is 0.491 e. The third-order valence-electron chi connectivity index (χ3n) is 2.27. The Hall–Kier alpha value is -0.380. The SMILES string of the molecule is CCSCCOc1c(Cl)cccc1CC(C)N. The van der Waals surface area contributed by atoms with Gasteiger partial charge in [0.05, 0.1) is 11.6 Å². The zero-order valence-electron chi connectivity index (χ0n) is 10.4. The van der Waals surface area contributed by atoms with Crippen molar-refractivity contribution in [2.75, 3.05) is 18.1 Å². The van der Waals surface area contributed by atoms with Crippen LogP contribution in [-0.4, -0.2) is 24.2 Å². The van der Waals surface area contributed by atoms with Gasteiger partial charge in [-0.15, -0.1) is 0 Å². The lowest BCUT2D eigenvalue weighted by atomic mass is 10.1. The molecule has 0 heterocycles. The lowest BCUT2D eigenvalue weighted by Gasteiger charge is -2.14. The van der Waals surface area contributed by atoms with Crippen molar-refractivity contribution in [1.82, 2.24) is 0 Å². The van der Waals surface area contributed by atoms with Crippen LogP contribution >= 0.6 is 23.4 Å². The van der Waals surface area contributed by atoms with Crippen LogP contribution in [0.5, 0.6) is 5.75 Å². The molecule has 0 aromatic heterocycles. The van der Waals surface area contributed by atoms with Crippen molar-refractivity contribution in [1.29, 1.82) is 0 Å². The Kier molecular flexibility index (Phi) is 6.78. The first kappa shape index (κ1) is 14.7. The van der Waals surface area contributed by atoms with Crippen LogP contribution in [0, 0.1) is 0 Å². The average molecular weight is 274 g/mol. The number of nitrogens with two attached hydrogens (primary N) is 1. The molecule has 1 atom stereocenters. The van der Waals surface area contributed by atoms with Crippen LogP contribution < -0.4 is 10.5 Å². The van der Waals surface area contributed by atoms with Gasteiger partial charge in [-0.2, -0.15) is 11.8 Å². The van der Waals surface area contributed by atoms with E-state index < -0.39 is 0 Å². The minimum atomic E-state index is 0.112. The normalized spacial score (nSPS) is 12.5. The van der Waals surface area contributed by atoms with Crippen molar-refractivity contribution in [3.8, 4) is 5.75 Å². The molecule has 1 aromatic rings. The number of hydrogen-bond acceptors (Lipinski definition) is 3. The van der Waals surface area contributed by atoms with Gasteiger partial charge in [0.25, 0.3) is 0 Å². The summed E-state index contributed by atoms with van der Waals surface area (Å²) in [6, 6.07) is 5.93. The van der Waals surface area contributed by atoms with Crippen LogP contribution in [0.1, 0.15) is 19.4 Å². The van der Waals surface area contributed by atoms with Crippen molar-refractivity contribution in [2.45, 2.75) is 26.3 Å². The quantitative estimate of drug-likeness (QED) is 0.774. The highest BCUT2D eigenvalue weighted by atomic mass is 35.5. The zero-order valence-corrected chi connectivity index (χ0v) is 12.0. The first-order chi connectivity index (χ1) is 8.15. The molecular formula is C13H20ClNOS. The molecule has 0 radical (unpaired) electrons. The molecule has 0 saturated heterocycles. The van der Waals surface area contributed by atoms with Gasteiger partial charge in [-0.1, -0.05) is 30.7 Å². The molecule has 1 aromatic carbocycles. The van der Waals surface area contributed by atoms with Gasteiger partial charge in [0.15, 0.2) is 0 Å². The highest BCUT2D eigenvalue weighted by molar-refractivity contribution is 7.99. The third kappa shape index (κ3) is 5.19. The molecule has 1 rings (SSSR count). The molecule has 4 heteroatoms. The molecule has 0 aliphatic heterocycles. The van der Waals surface area contributed by atoms with Crippen molar-refractivity contribution in [2.24, 2.45) is 5.73 Å². The molecule has 0 fully saturated rings. The van der Waals surface area contributed by atoms with E-state index in [1.165, 1.54) is 0 Å². The van der Waals surface area contributed by atoms with Crippen LogP contribution in [0.2, 0.25) is 5.02 Å². The van der Waals surface area contributed by atoms with E-state index in [-0.39, 0.29) is 6.04 Å². The number of rotatable bonds is 7. The summed E-state index contributed by atoms with van der Waals surface area (Å²) in [6.07, 6.45) is 0.789. The monoisotopic (exact) mass is 273 g/mol. The maximum Gasteiger partial charge on any atom is 0.141 e. The van der Waals surface area contributed by atoms with Gasteiger partial charge in [-0.05, 0) is 30.7 Å². The van der Waals surface area contributed by atoms with Crippen LogP contribution in [0.15, 0.2) is 18.2 Å². The average Bonchev–Trinajstić information content (AvgIpc) is 2.26. The Morgan fingerprint density at radius 1 is 1.47 bits per heavy atom. The first-order valence-corrected chi connectivity index (χ1v) is 7.42. The lowest BCUT2D eigenvalue weighted by molar-refractivity contribution is 0.339. The molecule has 96 valence electrons. The van der Waals surface area contributed by atoms with Crippen molar-refractivity contribution in [3.05, 3.63) is 28.8 Å². The summed E-state index contributed by atoms with van der Waals surface area (Å²) in [5, 5.41) is 0.671. The molecule has 2 N–H and O–H groups in total. The van der Waals surface area contributed by atoms with Gasteiger partial charge >= 0.3 is 0 Å². The summed E-state index contributed by atoms with van der Waals surface area (Å²) < 4.78 is 5.76. The Morgan fingerprint density at radius 2 is 2.24 bits per heavy atom. The van der Waals surface area contributed by atoms with Crippen molar-refractivity contribution >= 4 is 23.4 Å². The summed E-state index contributed by atoms with van der Waals surface area (Å²) in [7, 11) is 0. The van der Waals surface area contributed by atoms with Crippen LogP contribution in [-0.2, 0) is 6.42 Å². The minimum Gasteiger partial charge on any atom is -0.491 e. The highest BCUT2D eigenvalue weighted by Gasteiger charge is 2.09. The van der Waals surface area contributed by atoms with Gasteiger partial charge in [0.1, 0.15) is 5.75 Å². The molecule has 1 unspecified atom stereocenters. The van der Waals surface area contributed by atoms with Crippen LogP contribution in [0.4, 0.5) is 0 Å². The predicted molar refractivity (Wildman–Crippen MR) is 77.3 cm³/mol. The second-order valence-electron chi connectivity index (χ2n) is 3.95. The molecule has 0 spiro atoms. The van der Waals surface area contributed by atoms with Crippen molar-refractivity contribution in [3.63, 3.8) is 0 Å². The fourth-order valence-electron chi connectivity index (χ4n) is 1.57. The Bertz CT molecular complexity index is 344. The van der Waals surface area contributed by atoms with Gasteiger partial charge in [-0.25, -0.2) is 0 Å². The third-order valence-corrected chi connectivity index (χ3v) is 3.43. The smallest absolute Gasteiger partial charge is 0.141 e. The van der Waals surface area contributed by atoms with Crippen LogP contribution in [0.25, 0.3) is 0 Å². The molecule has 2 nitrogen and oxygen atoms in total. The van der Waals surface area contributed by atoms with E-state index in [0.29, 0.717) is 11.6 Å². The van der Waals surface area contributed by atoms with E-state index in [0.717, 1.165) is 29.2 Å². The van der Waals surface area contributed by atoms with E-state index in [1.54, 1.807) is 0 Å². The minimum absolute atomic E-state index is 0.112. The predicted octanol–water partition coefficient (Wildman–Crippen LogP) is 3.36. The number of thioether (sulfide) groups is 1. The zero-order chi connectivity index (χ0) is 12.7. The summed E-state index contributed by atoms with van der Waals surface area (Å²) in [4.78, 5) is 0. The molecule has 0 bridgehead atoms. The van der Waals surface area contributed by atoms with E-state index >= 15 is 0 Å². The Balaban J connectivity index is 2.66. The number of benzene rings is 1. The molecule has 0 amide bonds. The fraction of sp³-hybridized carbons (Fsp3) is 0.538. The Labute approximate surface area is 113 Å². The molecule has 0 aliphatic carbocycles. The van der Waals surface area contributed by atoms with E-state index in [4.69, 9.17) is 22.1 Å². The van der Waals surface area contributed by atoms with Gasteiger partial charge in [0.2, 0.25) is 0 Å². The number of para-hydroxylation sites is 1. The summed E-state index contributed by atoms with van der Waals surface area (Å²) >= 11 is 8.01. The van der Waals surface area contributed by atoms with E-state index in [1.807, 2.05) is 36.9 Å². The highest BCUT2D eigenvalue weighted by Crippen LogP contribution is 2.29. The maximum absolute atomic E-state index is 6.15. The van der Waals surface area contributed by atoms with Crippen molar-refractivity contribution < 1.29 is 4.74 Å². The standard InChI is InChI=1S/C13H20ClNOS/c1-3-17-8-7-16-13-11(9-10(2)15)5-4-6-12(13)14/h4-6,10H,3,7-9,15H2,1-2H3.